The third-order valence-electron chi connectivity index (χ3n) is 6.49. The fourth-order valence-corrected chi connectivity index (χ4v) is 4.88. The van der Waals surface area contributed by atoms with Gasteiger partial charge in [-0.05, 0) is 46.1 Å². The van der Waals surface area contributed by atoms with Crippen LogP contribution < -0.4 is 10.1 Å². The van der Waals surface area contributed by atoms with E-state index in [1.54, 1.807) is 12.3 Å². The zero-order valence-electron chi connectivity index (χ0n) is 18.3. The summed E-state index contributed by atoms with van der Waals surface area (Å²) in [6, 6.07) is 0.508. The number of pyridine rings is 1. The van der Waals surface area contributed by atoms with Crippen LogP contribution in [0.1, 0.15) is 56.1 Å². The van der Waals surface area contributed by atoms with Crippen LogP contribution in [0.2, 0.25) is 0 Å². The van der Waals surface area contributed by atoms with Gasteiger partial charge in [0.05, 0.1) is 29.6 Å². The Kier molecular flexibility index (Phi) is 4.85. The number of amides is 1. The number of aromatic nitrogens is 2. The SMILES string of the molecule is CC(C)Oc1cc2nc(C34CCC(C)(C3)OC4)cn2cc1C(=O)NC1=NC(C(F)F)C=C1. The summed E-state index contributed by atoms with van der Waals surface area (Å²) in [5.74, 6) is 0.00735. The van der Waals surface area contributed by atoms with Crippen molar-refractivity contribution in [2.45, 2.75) is 69.6 Å². The van der Waals surface area contributed by atoms with Crippen molar-refractivity contribution in [1.82, 2.24) is 14.7 Å². The van der Waals surface area contributed by atoms with E-state index in [4.69, 9.17) is 14.5 Å². The molecule has 3 unspecified atom stereocenters. The van der Waals surface area contributed by atoms with E-state index in [-0.39, 0.29) is 28.5 Å². The zero-order chi connectivity index (χ0) is 22.7. The fraction of sp³-hybridized carbons (Fsp3) is 0.522. The number of imidazole rings is 1. The largest absolute Gasteiger partial charge is 0.490 e. The molecule has 3 aliphatic rings. The van der Waals surface area contributed by atoms with Crippen LogP contribution in [0.5, 0.6) is 5.75 Å². The van der Waals surface area contributed by atoms with Crippen LogP contribution in [0.4, 0.5) is 8.78 Å². The molecule has 9 heteroatoms. The number of hydrogen-bond donors (Lipinski definition) is 1. The fourth-order valence-electron chi connectivity index (χ4n) is 4.88. The average Bonchev–Trinajstić information content (AvgIpc) is 3.48. The molecule has 1 saturated carbocycles. The first-order chi connectivity index (χ1) is 15.2. The zero-order valence-corrected chi connectivity index (χ0v) is 18.3. The molecule has 4 heterocycles. The van der Waals surface area contributed by atoms with E-state index in [0.717, 1.165) is 25.0 Å². The van der Waals surface area contributed by atoms with Gasteiger partial charge in [0.15, 0.2) is 0 Å². The minimum atomic E-state index is -2.61. The molecular formula is C23H26F2N4O3. The van der Waals surface area contributed by atoms with E-state index in [1.165, 1.54) is 12.2 Å². The Morgan fingerprint density at radius 3 is 2.75 bits per heavy atom. The smallest absolute Gasteiger partial charge is 0.264 e. The van der Waals surface area contributed by atoms with Gasteiger partial charge in [-0.2, -0.15) is 0 Å². The summed E-state index contributed by atoms with van der Waals surface area (Å²) < 4.78 is 39.5. The summed E-state index contributed by atoms with van der Waals surface area (Å²) in [4.78, 5) is 21.7. The highest BCUT2D eigenvalue weighted by Crippen LogP contribution is 2.53. The Hall–Kier alpha value is -2.81. The molecule has 32 heavy (non-hydrogen) atoms. The van der Waals surface area contributed by atoms with Gasteiger partial charge in [0.2, 0.25) is 0 Å². The number of carbonyl (C=O) groups is 1. The number of alkyl halides is 2. The van der Waals surface area contributed by atoms with E-state index >= 15 is 0 Å². The van der Waals surface area contributed by atoms with Crippen molar-refractivity contribution in [2.24, 2.45) is 4.99 Å². The summed E-state index contributed by atoms with van der Waals surface area (Å²) in [6.45, 7) is 6.53. The third kappa shape index (κ3) is 3.58. The molecule has 2 aromatic heterocycles. The second-order valence-electron chi connectivity index (χ2n) is 9.46. The quantitative estimate of drug-likeness (QED) is 0.764. The van der Waals surface area contributed by atoms with E-state index in [9.17, 15) is 13.6 Å². The number of nitrogens with one attached hydrogen (secondary N) is 1. The van der Waals surface area contributed by atoms with Gasteiger partial charge in [-0.3, -0.25) is 9.79 Å². The van der Waals surface area contributed by atoms with Gasteiger partial charge in [0, 0.05) is 23.9 Å². The molecule has 170 valence electrons. The van der Waals surface area contributed by atoms with Crippen molar-refractivity contribution < 1.29 is 23.0 Å². The second kappa shape index (κ2) is 7.37. The van der Waals surface area contributed by atoms with E-state index in [1.807, 2.05) is 24.4 Å². The van der Waals surface area contributed by atoms with Gasteiger partial charge in [0.1, 0.15) is 23.3 Å². The Morgan fingerprint density at radius 2 is 2.16 bits per heavy atom. The predicted molar refractivity (Wildman–Crippen MR) is 115 cm³/mol. The molecule has 1 aliphatic carbocycles. The predicted octanol–water partition coefficient (Wildman–Crippen LogP) is 3.66. The van der Waals surface area contributed by atoms with Crippen molar-refractivity contribution in [1.29, 1.82) is 0 Å². The van der Waals surface area contributed by atoms with Gasteiger partial charge >= 0.3 is 0 Å². The Labute approximate surface area is 184 Å². The lowest BCUT2D eigenvalue weighted by atomic mass is 9.84. The van der Waals surface area contributed by atoms with Crippen LogP contribution in [-0.2, 0) is 10.2 Å². The van der Waals surface area contributed by atoms with Gasteiger partial charge in [-0.15, -0.1) is 0 Å². The summed E-state index contributed by atoms with van der Waals surface area (Å²) in [6.07, 6.45) is 6.47. The van der Waals surface area contributed by atoms with E-state index in [2.05, 4.69) is 17.2 Å². The van der Waals surface area contributed by atoms with Crippen LogP contribution in [0.25, 0.3) is 5.65 Å². The number of carbonyl (C=O) groups excluding carboxylic acids is 1. The number of aliphatic imine (C=N–C) groups is 1. The first kappa shape index (κ1) is 21.1. The standard InChI is InChI=1S/C23H26F2N4O3/c1-13(2)32-16-8-19-27-17(23-7-6-22(3,11-23)31-12-23)10-29(19)9-14(16)21(30)28-18-5-4-15(26-18)20(24)25/h4-5,8-10,13,15,20H,6-7,11-12H2,1-3H3,(H,26,28,30). The lowest BCUT2D eigenvalue weighted by molar-refractivity contribution is -0.00627. The summed E-state index contributed by atoms with van der Waals surface area (Å²) in [5, 5.41) is 2.61. The maximum Gasteiger partial charge on any atom is 0.264 e. The average molecular weight is 444 g/mol. The van der Waals surface area contributed by atoms with Crippen LogP contribution in [0.3, 0.4) is 0 Å². The lowest BCUT2D eigenvalue weighted by Gasteiger charge is -2.24. The minimum Gasteiger partial charge on any atom is -0.490 e. The van der Waals surface area contributed by atoms with Crippen molar-refractivity contribution >= 4 is 17.4 Å². The van der Waals surface area contributed by atoms with Crippen molar-refractivity contribution in [3.63, 3.8) is 0 Å². The van der Waals surface area contributed by atoms with Crippen molar-refractivity contribution in [3.8, 4) is 5.75 Å². The first-order valence-corrected chi connectivity index (χ1v) is 10.9. The number of fused-ring (bicyclic) bond motifs is 3. The van der Waals surface area contributed by atoms with Crippen LogP contribution in [0.15, 0.2) is 35.6 Å². The molecule has 0 aromatic carbocycles. The molecule has 3 atom stereocenters. The number of hydrogen-bond acceptors (Lipinski definition) is 5. The monoisotopic (exact) mass is 444 g/mol. The molecule has 7 nitrogen and oxygen atoms in total. The summed E-state index contributed by atoms with van der Waals surface area (Å²) in [5.41, 5.74) is 1.73. The Balaban J connectivity index is 1.48. The molecular weight excluding hydrogens is 418 g/mol. The van der Waals surface area contributed by atoms with E-state index in [0.29, 0.717) is 18.0 Å². The third-order valence-corrected chi connectivity index (χ3v) is 6.49. The van der Waals surface area contributed by atoms with Gasteiger partial charge in [-0.25, -0.2) is 13.8 Å². The molecule has 1 amide bonds. The highest BCUT2D eigenvalue weighted by molar-refractivity contribution is 6.12. The maximum atomic E-state index is 13.0. The molecule has 5 rings (SSSR count). The van der Waals surface area contributed by atoms with Crippen LogP contribution >= 0.6 is 0 Å². The van der Waals surface area contributed by atoms with Gasteiger partial charge in [-0.1, -0.05) is 6.08 Å². The highest BCUT2D eigenvalue weighted by atomic mass is 19.3. The Bertz CT molecular complexity index is 1130. The number of rotatable bonds is 5. The summed E-state index contributed by atoms with van der Waals surface area (Å²) in [7, 11) is 0. The first-order valence-electron chi connectivity index (χ1n) is 10.9. The number of nitrogens with zero attached hydrogens (tertiary/aromatic N) is 3. The maximum absolute atomic E-state index is 13.0. The van der Waals surface area contributed by atoms with Gasteiger partial charge < -0.3 is 19.2 Å². The molecule has 1 saturated heterocycles. The molecule has 1 N–H and O–H groups in total. The highest BCUT2D eigenvalue weighted by Gasteiger charge is 2.55. The summed E-state index contributed by atoms with van der Waals surface area (Å²) >= 11 is 0. The number of halogens is 2. The normalized spacial score (nSPS) is 28.8. The second-order valence-corrected chi connectivity index (χ2v) is 9.46. The molecule has 2 fully saturated rings. The lowest BCUT2D eigenvalue weighted by Crippen LogP contribution is -2.30. The van der Waals surface area contributed by atoms with Crippen molar-refractivity contribution in [3.05, 3.63) is 41.9 Å². The number of amidine groups is 1. The minimum absolute atomic E-state index is 0.0850. The molecule has 0 radical (unpaired) electrons. The topological polar surface area (TPSA) is 77.2 Å². The molecule has 2 bridgehead atoms. The Morgan fingerprint density at radius 1 is 1.34 bits per heavy atom. The molecule has 0 spiro atoms. The number of ether oxygens (including phenoxy) is 2. The molecule has 2 aromatic rings. The van der Waals surface area contributed by atoms with E-state index < -0.39 is 18.4 Å². The van der Waals surface area contributed by atoms with Gasteiger partial charge in [0.25, 0.3) is 12.3 Å². The van der Waals surface area contributed by atoms with Crippen LogP contribution in [-0.4, -0.2) is 51.9 Å². The van der Waals surface area contributed by atoms with Crippen molar-refractivity contribution in [2.75, 3.05) is 6.61 Å². The van der Waals surface area contributed by atoms with Crippen LogP contribution in [0, 0.1) is 0 Å². The molecule has 2 aliphatic heterocycles.